The molecule has 2 N–H and O–H groups in total. The molecule has 1 rings (SSSR count). The third-order valence-electron chi connectivity index (χ3n) is 3.17. The van der Waals surface area contributed by atoms with Crippen LogP contribution in [-0.2, 0) is 9.53 Å². The molecule has 0 aromatic carbocycles. The summed E-state index contributed by atoms with van der Waals surface area (Å²) < 4.78 is 5.30. The summed E-state index contributed by atoms with van der Waals surface area (Å²) in [6.45, 7) is 6.52. The zero-order valence-corrected chi connectivity index (χ0v) is 11.0. The van der Waals surface area contributed by atoms with Gasteiger partial charge in [0, 0.05) is 32.7 Å². The fraction of sp³-hybridized carbons (Fsp3) is 0.923. The van der Waals surface area contributed by atoms with E-state index in [0.29, 0.717) is 12.3 Å². The van der Waals surface area contributed by atoms with Crippen molar-refractivity contribution in [3.63, 3.8) is 0 Å². The summed E-state index contributed by atoms with van der Waals surface area (Å²) in [5, 5.41) is 6.21. The number of ether oxygens (including phenoxy) is 1. The van der Waals surface area contributed by atoms with Crippen LogP contribution in [0.4, 0.5) is 0 Å². The van der Waals surface area contributed by atoms with Gasteiger partial charge in [0.1, 0.15) is 0 Å². The van der Waals surface area contributed by atoms with Gasteiger partial charge in [0.25, 0.3) is 0 Å². The first kappa shape index (κ1) is 14.5. The molecule has 0 radical (unpaired) electrons. The third kappa shape index (κ3) is 7.34. The molecular weight excluding hydrogens is 216 g/mol. The molecule has 0 atom stereocenters. The number of hydrogen-bond donors (Lipinski definition) is 2. The van der Waals surface area contributed by atoms with Crippen LogP contribution in [-0.4, -0.2) is 38.8 Å². The molecule has 1 amide bonds. The van der Waals surface area contributed by atoms with Crippen LogP contribution in [0.25, 0.3) is 0 Å². The van der Waals surface area contributed by atoms with Crippen molar-refractivity contribution < 1.29 is 9.53 Å². The Kier molecular flexibility index (Phi) is 8.01. The predicted molar refractivity (Wildman–Crippen MR) is 68.9 cm³/mol. The minimum Gasteiger partial charge on any atom is -0.381 e. The van der Waals surface area contributed by atoms with Gasteiger partial charge in [-0.05, 0) is 38.1 Å². The standard InChI is InChI=1S/C13H26N2O2/c1-2-7-14-8-9-15-13(16)4-3-12-5-10-17-11-6-12/h12,14H,2-11H2,1H3,(H,15,16). The van der Waals surface area contributed by atoms with Crippen LogP contribution in [0.3, 0.4) is 0 Å². The van der Waals surface area contributed by atoms with Crippen LogP contribution in [0.1, 0.15) is 39.0 Å². The molecule has 4 nitrogen and oxygen atoms in total. The first-order valence-corrected chi connectivity index (χ1v) is 6.88. The lowest BCUT2D eigenvalue weighted by atomic mass is 9.95. The molecule has 1 fully saturated rings. The molecule has 17 heavy (non-hydrogen) atoms. The predicted octanol–water partition coefficient (Wildman–Crippen LogP) is 1.31. The van der Waals surface area contributed by atoms with E-state index in [9.17, 15) is 4.79 Å². The first-order valence-electron chi connectivity index (χ1n) is 6.88. The van der Waals surface area contributed by atoms with Crippen LogP contribution in [0.15, 0.2) is 0 Å². The van der Waals surface area contributed by atoms with E-state index in [2.05, 4.69) is 17.6 Å². The summed E-state index contributed by atoms with van der Waals surface area (Å²) in [5.41, 5.74) is 0. The van der Waals surface area contributed by atoms with Crippen LogP contribution in [0.5, 0.6) is 0 Å². The molecule has 1 heterocycles. The summed E-state index contributed by atoms with van der Waals surface area (Å²) in [6.07, 6.45) is 5.05. The van der Waals surface area contributed by atoms with Crippen LogP contribution in [0.2, 0.25) is 0 Å². The summed E-state index contributed by atoms with van der Waals surface area (Å²) in [5.74, 6) is 0.877. The second-order valence-corrected chi connectivity index (χ2v) is 4.69. The van der Waals surface area contributed by atoms with Crippen molar-refractivity contribution in [3.05, 3.63) is 0 Å². The summed E-state index contributed by atoms with van der Waals surface area (Å²) in [6, 6.07) is 0. The van der Waals surface area contributed by atoms with Crippen molar-refractivity contribution in [1.82, 2.24) is 10.6 Å². The number of carbonyl (C=O) groups excluding carboxylic acids is 1. The van der Waals surface area contributed by atoms with Gasteiger partial charge in [-0.2, -0.15) is 0 Å². The second kappa shape index (κ2) is 9.42. The van der Waals surface area contributed by atoms with Gasteiger partial charge in [-0.15, -0.1) is 0 Å². The van der Waals surface area contributed by atoms with Gasteiger partial charge in [0.2, 0.25) is 5.91 Å². The molecule has 0 aliphatic carbocycles. The molecular formula is C13H26N2O2. The highest BCUT2D eigenvalue weighted by molar-refractivity contribution is 5.75. The lowest BCUT2D eigenvalue weighted by Gasteiger charge is -2.21. The molecule has 0 unspecified atom stereocenters. The molecule has 100 valence electrons. The Labute approximate surface area is 104 Å². The smallest absolute Gasteiger partial charge is 0.220 e. The topological polar surface area (TPSA) is 50.4 Å². The average molecular weight is 242 g/mol. The van der Waals surface area contributed by atoms with Gasteiger partial charge < -0.3 is 15.4 Å². The normalized spacial score (nSPS) is 17.0. The van der Waals surface area contributed by atoms with Gasteiger partial charge in [-0.3, -0.25) is 4.79 Å². The molecule has 1 aliphatic rings. The summed E-state index contributed by atoms with van der Waals surface area (Å²) in [4.78, 5) is 11.5. The monoisotopic (exact) mass is 242 g/mol. The van der Waals surface area contributed by atoms with Crippen molar-refractivity contribution in [2.45, 2.75) is 39.0 Å². The van der Waals surface area contributed by atoms with Crippen LogP contribution < -0.4 is 10.6 Å². The van der Waals surface area contributed by atoms with E-state index < -0.39 is 0 Å². The van der Waals surface area contributed by atoms with E-state index in [1.165, 1.54) is 0 Å². The van der Waals surface area contributed by atoms with Gasteiger partial charge in [-0.25, -0.2) is 0 Å². The molecule has 1 aliphatic heterocycles. The van der Waals surface area contributed by atoms with Crippen molar-refractivity contribution in [1.29, 1.82) is 0 Å². The highest BCUT2D eigenvalue weighted by atomic mass is 16.5. The van der Waals surface area contributed by atoms with Crippen LogP contribution in [0, 0.1) is 5.92 Å². The zero-order valence-electron chi connectivity index (χ0n) is 11.0. The largest absolute Gasteiger partial charge is 0.381 e. The third-order valence-corrected chi connectivity index (χ3v) is 3.17. The van der Waals surface area contributed by atoms with Crippen molar-refractivity contribution in [2.24, 2.45) is 5.92 Å². The Bertz CT molecular complexity index is 204. The lowest BCUT2D eigenvalue weighted by Crippen LogP contribution is -2.32. The van der Waals surface area contributed by atoms with Gasteiger partial charge >= 0.3 is 0 Å². The zero-order chi connectivity index (χ0) is 12.3. The van der Waals surface area contributed by atoms with E-state index in [1.807, 2.05) is 0 Å². The van der Waals surface area contributed by atoms with Crippen molar-refractivity contribution >= 4 is 5.91 Å². The van der Waals surface area contributed by atoms with Crippen molar-refractivity contribution in [3.8, 4) is 0 Å². The van der Waals surface area contributed by atoms with Gasteiger partial charge in [0.05, 0.1) is 0 Å². The lowest BCUT2D eigenvalue weighted by molar-refractivity contribution is -0.121. The summed E-state index contributed by atoms with van der Waals surface area (Å²) >= 11 is 0. The fourth-order valence-corrected chi connectivity index (χ4v) is 2.05. The number of carbonyl (C=O) groups is 1. The first-order chi connectivity index (χ1) is 8.33. The number of rotatable bonds is 8. The molecule has 0 bridgehead atoms. The number of nitrogens with one attached hydrogen (secondary N) is 2. The Hall–Kier alpha value is -0.610. The van der Waals surface area contributed by atoms with E-state index in [0.717, 1.165) is 58.5 Å². The highest BCUT2D eigenvalue weighted by Crippen LogP contribution is 2.19. The van der Waals surface area contributed by atoms with Crippen LogP contribution >= 0.6 is 0 Å². The maximum atomic E-state index is 11.5. The van der Waals surface area contributed by atoms with Gasteiger partial charge in [0.15, 0.2) is 0 Å². The molecule has 0 spiro atoms. The Morgan fingerprint density at radius 2 is 2.00 bits per heavy atom. The average Bonchev–Trinajstić information content (AvgIpc) is 2.37. The number of amides is 1. The van der Waals surface area contributed by atoms with Gasteiger partial charge in [-0.1, -0.05) is 6.92 Å². The number of hydrogen-bond acceptors (Lipinski definition) is 3. The Morgan fingerprint density at radius 1 is 1.24 bits per heavy atom. The minimum absolute atomic E-state index is 0.190. The van der Waals surface area contributed by atoms with E-state index in [1.54, 1.807) is 0 Å². The maximum absolute atomic E-state index is 11.5. The summed E-state index contributed by atoms with van der Waals surface area (Å²) in [7, 11) is 0. The maximum Gasteiger partial charge on any atom is 0.220 e. The minimum atomic E-state index is 0.190. The van der Waals surface area contributed by atoms with E-state index >= 15 is 0 Å². The SMILES string of the molecule is CCCNCCNC(=O)CCC1CCOCC1. The highest BCUT2D eigenvalue weighted by Gasteiger charge is 2.14. The molecule has 0 aromatic rings. The second-order valence-electron chi connectivity index (χ2n) is 4.69. The van der Waals surface area contributed by atoms with E-state index in [4.69, 9.17) is 4.74 Å². The molecule has 0 aromatic heterocycles. The molecule has 1 saturated heterocycles. The molecule has 0 saturated carbocycles. The Morgan fingerprint density at radius 3 is 2.71 bits per heavy atom. The Balaban J connectivity index is 1.93. The quantitative estimate of drug-likeness (QED) is 0.631. The molecule has 4 heteroatoms. The van der Waals surface area contributed by atoms with E-state index in [-0.39, 0.29) is 5.91 Å². The fourth-order valence-electron chi connectivity index (χ4n) is 2.05. The van der Waals surface area contributed by atoms with Crippen molar-refractivity contribution in [2.75, 3.05) is 32.8 Å².